The number of halogens is 2. The quantitative estimate of drug-likeness (QED) is 0.761. The van der Waals surface area contributed by atoms with E-state index in [9.17, 15) is 13.6 Å². The average molecular weight is 410 g/mol. The molecule has 0 unspecified atom stereocenters. The highest BCUT2D eigenvalue weighted by atomic mass is 19.3. The fraction of sp³-hybridized carbons (Fsp3) is 0.348. The van der Waals surface area contributed by atoms with Gasteiger partial charge in [-0.15, -0.1) is 0 Å². The predicted octanol–water partition coefficient (Wildman–Crippen LogP) is 2.74. The number of anilines is 2. The number of carbonyl (C=O) groups is 1. The summed E-state index contributed by atoms with van der Waals surface area (Å²) in [6, 6.07) is 7.23. The van der Waals surface area contributed by atoms with E-state index in [4.69, 9.17) is 0 Å². The highest BCUT2D eigenvalue weighted by Gasteiger charge is 2.35. The molecule has 1 aromatic carbocycles. The second kappa shape index (κ2) is 7.63. The van der Waals surface area contributed by atoms with Crippen molar-refractivity contribution in [3.8, 4) is 0 Å². The van der Waals surface area contributed by atoms with E-state index >= 15 is 0 Å². The van der Waals surface area contributed by atoms with Crippen LogP contribution in [0.2, 0.25) is 0 Å². The summed E-state index contributed by atoms with van der Waals surface area (Å²) in [7, 11) is 1.70. The molecule has 7 heteroatoms. The summed E-state index contributed by atoms with van der Waals surface area (Å²) in [5.74, 6) is -2.14. The van der Waals surface area contributed by atoms with Gasteiger partial charge >= 0.3 is 0 Å². The number of hydrogen-bond donors (Lipinski definition) is 2. The Morgan fingerprint density at radius 3 is 2.67 bits per heavy atom. The summed E-state index contributed by atoms with van der Waals surface area (Å²) < 4.78 is 26.6. The fourth-order valence-corrected chi connectivity index (χ4v) is 4.07. The Balaban J connectivity index is 1.58. The number of ketones is 1. The Morgan fingerprint density at radius 1 is 1.30 bits per heavy atom. The minimum atomic E-state index is -2.56. The number of nitrogens with zero attached hydrogens (tertiary/aromatic N) is 2. The van der Waals surface area contributed by atoms with E-state index in [2.05, 4.69) is 27.2 Å². The second-order valence-electron chi connectivity index (χ2n) is 7.94. The first-order valence-corrected chi connectivity index (χ1v) is 10.0. The number of nitrogens with one attached hydrogen (secondary N) is 2. The first-order chi connectivity index (χ1) is 14.3. The van der Waals surface area contributed by atoms with Crippen LogP contribution in [0.3, 0.4) is 0 Å². The van der Waals surface area contributed by atoms with Gasteiger partial charge in [0.2, 0.25) is 11.7 Å². The van der Waals surface area contributed by atoms with Gasteiger partial charge in [-0.2, -0.15) is 0 Å². The van der Waals surface area contributed by atoms with Crippen LogP contribution in [-0.4, -0.2) is 29.8 Å². The van der Waals surface area contributed by atoms with Crippen molar-refractivity contribution in [2.24, 2.45) is 4.99 Å². The lowest BCUT2D eigenvalue weighted by atomic mass is 9.92. The van der Waals surface area contributed by atoms with Crippen LogP contribution in [-0.2, 0) is 0 Å². The molecule has 0 saturated heterocycles. The van der Waals surface area contributed by atoms with E-state index in [0.717, 1.165) is 27.0 Å². The molecule has 0 atom stereocenters. The molecule has 2 N–H and O–H groups in total. The molecule has 2 aromatic rings. The Labute approximate surface area is 173 Å². The number of aromatic nitrogens is 1. The summed E-state index contributed by atoms with van der Waals surface area (Å²) >= 11 is 0. The van der Waals surface area contributed by atoms with E-state index in [1.807, 2.05) is 19.1 Å². The number of hydrogen-bond acceptors (Lipinski definition) is 5. The maximum Gasteiger partial charge on any atom is 0.248 e. The molecule has 4 rings (SSSR count). The Morgan fingerprint density at radius 2 is 2.03 bits per heavy atom. The molecule has 156 valence electrons. The Kier molecular flexibility index (Phi) is 5.13. The minimum Gasteiger partial charge on any atom is -0.367 e. The lowest BCUT2D eigenvalue weighted by Gasteiger charge is -2.29. The molecule has 1 aliphatic carbocycles. The van der Waals surface area contributed by atoms with E-state index < -0.39 is 5.92 Å². The van der Waals surface area contributed by atoms with Crippen LogP contribution in [0.15, 0.2) is 35.5 Å². The van der Waals surface area contributed by atoms with E-state index in [1.54, 1.807) is 19.2 Å². The number of carbonyl (C=O) groups excluding carboxylic acids is 1. The standard InChI is InChI=1S/C23H24F2N4O/c1-13-10-14(2)20(26-3)19-17(11-13)29-21(19)22(30)15-4-5-18(27-12-15)28-16-6-8-23(24,25)9-7-16/h4-5,10-12,16,29H,1,6-9H2,2-3H3,(H,27,28). The third kappa shape index (κ3) is 3.84. The first kappa shape index (κ1) is 20.2. The van der Waals surface area contributed by atoms with Gasteiger partial charge in [-0.05, 0) is 48.7 Å². The van der Waals surface area contributed by atoms with Crippen molar-refractivity contribution in [1.29, 1.82) is 0 Å². The molecule has 1 aromatic heterocycles. The maximum absolute atomic E-state index is 13.3. The van der Waals surface area contributed by atoms with Gasteiger partial charge in [0.1, 0.15) is 5.82 Å². The van der Waals surface area contributed by atoms with E-state index in [0.29, 0.717) is 29.9 Å². The van der Waals surface area contributed by atoms with Crippen LogP contribution >= 0.6 is 0 Å². The molecule has 1 saturated carbocycles. The zero-order chi connectivity index (χ0) is 21.5. The van der Waals surface area contributed by atoms with Gasteiger partial charge in [-0.1, -0.05) is 12.6 Å². The SMILES string of the molecule is C=c1cc(C)c(=NC)c2c(c1)NC=2C(=O)c1ccc(NC2CCC(F)(F)CC2)nc1. The number of alkyl halides is 2. The highest BCUT2D eigenvalue weighted by Crippen LogP contribution is 2.34. The topological polar surface area (TPSA) is 66.4 Å². The molecule has 1 fully saturated rings. The molecule has 2 heterocycles. The van der Waals surface area contributed by atoms with Gasteiger partial charge in [0.05, 0.1) is 22.0 Å². The molecule has 0 amide bonds. The molecule has 0 spiro atoms. The van der Waals surface area contributed by atoms with Crippen molar-refractivity contribution in [3.05, 3.63) is 57.4 Å². The largest absolute Gasteiger partial charge is 0.367 e. The van der Waals surface area contributed by atoms with Gasteiger partial charge in [0.15, 0.2) is 0 Å². The summed E-state index contributed by atoms with van der Waals surface area (Å²) in [5.41, 5.74) is 2.72. The van der Waals surface area contributed by atoms with Crippen molar-refractivity contribution in [2.75, 3.05) is 17.7 Å². The smallest absolute Gasteiger partial charge is 0.248 e. The van der Waals surface area contributed by atoms with Crippen molar-refractivity contribution >= 4 is 29.6 Å². The Hall–Kier alpha value is -3.09. The van der Waals surface area contributed by atoms with Crippen molar-refractivity contribution in [2.45, 2.75) is 44.6 Å². The van der Waals surface area contributed by atoms with Crippen LogP contribution < -0.4 is 26.4 Å². The van der Waals surface area contributed by atoms with Crippen LogP contribution in [0.1, 0.15) is 41.6 Å². The molecular weight excluding hydrogens is 386 g/mol. The summed E-state index contributed by atoms with van der Waals surface area (Å²) in [4.78, 5) is 21.7. The van der Waals surface area contributed by atoms with Gasteiger partial charge < -0.3 is 10.6 Å². The monoisotopic (exact) mass is 410 g/mol. The number of rotatable bonds is 4. The molecule has 1 aliphatic heterocycles. The lowest BCUT2D eigenvalue weighted by Crippen LogP contribution is -2.42. The third-order valence-corrected chi connectivity index (χ3v) is 5.67. The molecule has 0 radical (unpaired) electrons. The fourth-order valence-electron chi connectivity index (χ4n) is 4.07. The first-order valence-electron chi connectivity index (χ1n) is 10.0. The normalized spacial score (nSPS) is 18.3. The molecule has 0 bridgehead atoms. The van der Waals surface area contributed by atoms with Crippen molar-refractivity contribution in [3.63, 3.8) is 0 Å². The maximum atomic E-state index is 13.3. The number of aryl methyl sites for hydroxylation is 1. The zero-order valence-electron chi connectivity index (χ0n) is 17.1. The number of Topliss-reactive ketones (excluding diaryl/α,β-unsaturated/α-hetero) is 1. The number of fused-ring (bicyclic) bond motifs is 1. The summed E-state index contributed by atoms with van der Waals surface area (Å²) in [5, 5.41) is 8.72. The molecule has 2 aliphatic rings. The van der Waals surface area contributed by atoms with Gasteiger partial charge in [-0.25, -0.2) is 13.8 Å². The van der Waals surface area contributed by atoms with Crippen LogP contribution in [0.4, 0.5) is 20.3 Å². The zero-order valence-corrected chi connectivity index (χ0v) is 17.1. The minimum absolute atomic E-state index is 0.0261. The van der Waals surface area contributed by atoms with Gasteiger partial charge in [0.25, 0.3) is 0 Å². The average Bonchev–Trinajstić information content (AvgIpc) is 2.78. The highest BCUT2D eigenvalue weighted by molar-refractivity contribution is 6.29. The van der Waals surface area contributed by atoms with Crippen molar-refractivity contribution < 1.29 is 13.6 Å². The lowest BCUT2D eigenvalue weighted by molar-refractivity contribution is -0.0361. The molecule has 30 heavy (non-hydrogen) atoms. The van der Waals surface area contributed by atoms with Crippen LogP contribution in [0.5, 0.6) is 0 Å². The second-order valence-corrected chi connectivity index (χ2v) is 7.94. The summed E-state index contributed by atoms with van der Waals surface area (Å²) in [6.45, 7) is 5.94. The van der Waals surface area contributed by atoms with E-state index in [1.165, 1.54) is 6.20 Å². The van der Waals surface area contributed by atoms with Gasteiger partial charge in [-0.3, -0.25) is 9.79 Å². The molecular formula is C23H24F2N4O. The Bertz CT molecular complexity index is 1180. The third-order valence-electron chi connectivity index (χ3n) is 5.67. The predicted molar refractivity (Wildman–Crippen MR) is 114 cm³/mol. The van der Waals surface area contributed by atoms with Gasteiger partial charge in [0, 0.05) is 37.7 Å². The number of pyridine rings is 1. The van der Waals surface area contributed by atoms with E-state index in [-0.39, 0.29) is 24.7 Å². The van der Waals surface area contributed by atoms with Crippen LogP contribution in [0.25, 0.3) is 12.3 Å². The van der Waals surface area contributed by atoms with Crippen molar-refractivity contribution in [1.82, 2.24) is 4.98 Å². The summed E-state index contributed by atoms with van der Waals surface area (Å²) in [6.07, 6.45) is 2.10. The van der Waals surface area contributed by atoms with Crippen LogP contribution in [0, 0.1) is 6.92 Å². The molecule has 5 nitrogen and oxygen atoms in total.